The lowest BCUT2D eigenvalue weighted by molar-refractivity contribution is -0.176. The van der Waals surface area contributed by atoms with E-state index in [2.05, 4.69) is 23.5 Å². The van der Waals surface area contributed by atoms with Crippen molar-refractivity contribution in [1.29, 1.82) is 5.26 Å². The molecule has 0 bridgehead atoms. The molecular formula is C26H25ClN2O2. The molecule has 1 fully saturated rings. The first-order valence-electron chi connectivity index (χ1n) is 10.4. The van der Waals surface area contributed by atoms with Gasteiger partial charge in [-0.1, -0.05) is 66.2 Å². The molecule has 1 aliphatic rings. The molecule has 2 atom stereocenters. The van der Waals surface area contributed by atoms with Gasteiger partial charge >= 0.3 is 0 Å². The zero-order chi connectivity index (χ0) is 21.5. The Hall–Kier alpha value is -2.68. The van der Waals surface area contributed by atoms with Crippen LogP contribution in [-0.4, -0.2) is 19.2 Å². The molecule has 1 N–H and O–H groups in total. The first-order chi connectivity index (χ1) is 15.2. The number of ether oxygens (including phenoxy) is 2. The summed E-state index contributed by atoms with van der Waals surface area (Å²) >= 11 is 6.16. The van der Waals surface area contributed by atoms with Gasteiger partial charge in [0, 0.05) is 11.6 Å². The Morgan fingerprint density at radius 1 is 0.935 bits per heavy atom. The van der Waals surface area contributed by atoms with Crippen LogP contribution in [0, 0.1) is 11.3 Å². The maximum absolute atomic E-state index is 9.01. The average Bonchev–Trinajstić information content (AvgIpc) is 2.83. The van der Waals surface area contributed by atoms with Gasteiger partial charge in [0.15, 0.2) is 0 Å². The SMILES string of the molecule is N#Cc1ccc(COC2CNCCC2(OCc2ccccc2)c2ccc(Cl)cc2)cc1. The van der Waals surface area contributed by atoms with Crippen molar-refractivity contribution >= 4 is 11.6 Å². The van der Waals surface area contributed by atoms with E-state index in [1.54, 1.807) is 0 Å². The van der Waals surface area contributed by atoms with E-state index in [4.69, 9.17) is 26.3 Å². The molecule has 2 unspecified atom stereocenters. The molecule has 0 saturated carbocycles. The monoisotopic (exact) mass is 432 g/mol. The molecule has 1 aliphatic heterocycles. The number of nitrogens with one attached hydrogen (secondary N) is 1. The lowest BCUT2D eigenvalue weighted by Gasteiger charge is -2.44. The van der Waals surface area contributed by atoms with E-state index in [1.165, 1.54) is 0 Å². The molecule has 5 heteroatoms. The molecular weight excluding hydrogens is 408 g/mol. The summed E-state index contributed by atoms with van der Waals surface area (Å²) in [5.74, 6) is 0. The van der Waals surface area contributed by atoms with Crippen LogP contribution >= 0.6 is 11.6 Å². The minimum atomic E-state index is -0.585. The summed E-state index contributed by atoms with van der Waals surface area (Å²) < 4.78 is 13.1. The first kappa shape index (κ1) is 21.5. The highest BCUT2D eigenvalue weighted by Crippen LogP contribution is 2.38. The Morgan fingerprint density at radius 3 is 2.35 bits per heavy atom. The van der Waals surface area contributed by atoms with Crippen molar-refractivity contribution in [2.24, 2.45) is 0 Å². The van der Waals surface area contributed by atoms with Crippen molar-refractivity contribution in [3.05, 3.63) is 106 Å². The normalized spacial score (nSPS) is 20.8. The summed E-state index contributed by atoms with van der Waals surface area (Å²) in [5, 5.41) is 13.2. The highest BCUT2D eigenvalue weighted by atomic mass is 35.5. The van der Waals surface area contributed by atoms with Crippen LogP contribution in [0.5, 0.6) is 0 Å². The van der Waals surface area contributed by atoms with Gasteiger partial charge < -0.3 is 14.8 Å². The fourth-order valence-corrected chi connectivity index (χ4v) is 4.12. The molecule has 0 aromatic heterocycles. The Morgan fingerprint density at radius 2 is 1.65 bits per heavy atom. The number of piperidine rings is 1. The minimum absolute atomic E-state index is 0.179. The van der Waals surface area contributed by atoms with Gasteiger partial charge in [0.25, 0.3) is 0 Å². The maximum Gasteiger partial charge on any atom is 0.122 e. The Labute approximate surface area is 188 Å². The summed E-state index contributed by atoms with van der Waals surface area (Å²) in [6.45, 7) is 2.48. The van der Waals surface area contributed by atoms with Crippen molar-refractivity contribution < 1.29 is 9.47 Å². The fourth-order valence-electron chi connectivity index (χ4n) is 4.00. The van der Waals surface area contributed by atoms with Crippen LogP contribution < -0.4 is 5.32 Å². The first-order valence-corrected chi connectivity index (χ1v) is 10.8. The van der Waals surface area contributed by atoms with Crippen LogP contribution in [0.15, 0.2) is 78.9 Å². The second-order valence-electron chi connectivity index (χ2n) is 7.73. The van der Waals surface area contributed by atoms with Crippen molar-refractivity contribution in [1.82, 2.24) is 5.32 Å². The molecule has 3 aromatic carbocycles. The molecule has 0 aliphatic carbocycles. The van der Waals surface area contributed by atoms with Gasteiger partial charge in [-0.2, -0.15) is 5.26 Å². The highest BCUT2D eigenvalue weighted by molar-refractivity contribution is 6.30. The van der Waals surface area contributed by atoms with E-state index in [9.17, 15) is 0 Å². The number of hydrogen-bond donors (Lipinski definition) is 1. The van der Waals surface area contributed by atoms with Crippen molar-refractivity contribution in [3.63, 3.8) is 0 Å². The largest absolute Gasteiger partial charge is 0.369 e. The van der Waals surface area contributed by atoms with E-state index in [-0.39, 0.29) is 6.10 Å². The van der Waals surface area contributed by atoms with Crippen LogP contribution in [0.1, 0.15) is 28.7 Å². The van der Waals surface area contributed by atoms with Gasteiger partial charge in [-0.05, 0) is 53.9 Å². The summed E-state index contributed by atoms with van der Waals surface area (Å²) in [5.41, 5.74) is 3.28. The molecule has 1 heterocycles. The minimum Gasteiger partial charge on any atom is -0.369 e. The molecule has 4 rings (SSSR count). The number of rotatable bonds is 7. The van der Waals surface area contributed by atoms with Crippen LogP contribution in [0.25, 0.3) is 0 Å². The third-order valence-corrected chi connectivity index (χ3v) is 5.98. The zero-order valence-corrected chi connectivity index (χ0v) is 18.0. The second-order valence-corrected chi connectivity index (χ2v) is 8.17. The molecule has 0 radical (unpaired) electrons. The summed E-state index contributed by atoms with van der Waals surface area (Å²) in [4.78, 5) is 0. The number of nitriles is 1. The van der Waals surface area contributed by atoms with Crippen LogP contribution in [0.4, 0.5) is 0 Å². The van der Waals surface area contributed by atoms with Crippen molar-refractivity contribution in [3.8, 4) is 6.07 Å². The standard InChI is InChI=1S/C26H25ClN2O2/c27-24-12-10-23(11-13-24)26(31-19-21-4-2-1-3-5-21)14-15-29-17-25(26)30-18-22-8-6-20(16-28)7-9-22/h1-13,25,29H,14-15,17-19H2. The quantitative estimate of drug-likeness (QED) is 0.557. The van der Waals surface area contributed by atoms with E-state index >= 15 is 0 Å². The van der Waals surface area contributed by atoms with Gasteiger partial charge in [-0.25, -0.2) is 0 Å². The smallest absolute Gasteiger partial charge is 0.122 e. The number of halogens is 1. The zero-order valence-electron chi connectivity index (χ0n) is 17.3. The summed E-state index contributed by atoms with van der Waals surface area (Å²) in [6, 6.07) is 27.7. The average molecular weight is 433 g/mol. The van der Waals surface area contributed by atoms with Crippen molar-refractivity contribution in [2.75, 3.05) is 13.1 Å². The van der Waals surface area contributed by atoms with Gasteiger partial charge in [0.2, 0.25) is 0 Å². The van der Waals surface area contributed by atoms with Gasteiger partial charge in [0.05, 0.1) is 24.8 Å². The summed E-state index contributed by atoms with van der Waals surface area (Å²) in [7, 11) is 0. The second kappa shape index (κ2) is 10.1. The Balaban J connectivity index is 1.59. The van der Waals surface area contributed by atoms with Gasteiger partial charge in [-0.3, -0.25) is 0 Å². The number of benzene rings is 3. The molecule has 4 nitrogen and oxygen atoms in total. The molecule has 1 saturated heterocycles. The molecule has 31 heavy (non-hydrogen) atoms. The molecule has 158 valence electrons. The Bertz CT molecular complexity index is 1020. The van der Waals surface area contributed by atoms with E-state index in [1.807, 2.05) is 66.7 Å². The van der Waals surface area contributed by atoms with E-state index < -0.39 is 5.60 Å². The van der Waals surface area contributed by atoms with Crippen LogP contribution in [0.2, 0.25) is 5.02 Å². The van der Waals surface area contributed by atoms with Crippen LogP contribution in [0.3, 0.4) is 0 Å². The predicted molar refractivity (Wildman–Crippen MR) is 122 cm³/mol. The van der Waals surface area contributed by atoms with Gasteiger partial charge in [-0.15, -0.1) is 0 Å². The molecule has 0 amide bonds. The number of hydrogen-bond acceptors (Lipinski definition) is 4. The summed E-state index contributed by atoms with van der Waals surface area (Å²) in [6.07, 6.45) is 0.612. The molecule has 3 aromatic rings. The lowest BCUT2D eigenvalue weighted by Crippen LogP contribution is -2.54. The topological polar surface area (TPSA) is 54.3 Å². The molecule has 0 spiro atoms. The maximum atomic E-state index is 9.01. The number of nitrogens with zero attached hydrogens (tertiary/aromatic N) is 1. The van der Waals surface area contributed by atoms with Crippen LogP contribution in [-0.2, 0) is 28.3 Å². The lowest BCUT2D eigenvalue weighted by atomic mass is 9.82. The van der Waals surface area contributed by atoms with Crippen molar-refractivity contribution in [2.45, 2.75) is 31.3 Å². The third kappa shape index (κ3) is 5.15. The highest BCUT2D eigenvalue weighted by Gasteiger charge is 2.44. The van der Waals surface area contributed by atoms with E-state index in [0.717, 1.165) is 29.7 Å². The predicted octanol–water partition coefficient (Wildman–Crippen LogP) is 5.20. The van der Waals surface area contributed by atoms with Gasteiger partial charge in [0.1, 0.15) is 11.7 Å². The third-order valence-electron chi connectivity index (χ3n) is 5.73. The fraction of sp³-hybridized carbons (Fsp3) is 0.269. The Kier molecular flexibility index (Phi) is 7.01. The van der Waals surface area contributed by atoms with E-state index in [0.29, 0.717) is 30.3 Å².